The van der Waals surface area contributed by atoms with Crippen LogP contribution >= 0.6 is 0 Å². The molecule has 24 heavy (non-hydrogen) atoms. The predicted octanol–water partition coefficient (Wildman–Crippen LogP) is 3.93. The zero-order valence-electron chi connectivity index (χ0n) is 14.1. The molecule has 1 atom stereocenters. The molecule has 0 saturated heterocycles. The van der Waals surface area contributed by atoms with Crippen LogP contribution in [0.25, 0.3) is 0 Å². The highest BCUT2D eigenvalue weighted by Crippen LogP contribution is 2.15. The number of hydrogen-bond acceptors (Lipinski definition) is 3. The van der Waals surface area contributed by atoms with E-state index in [0.29, 0.717) is 12.2 Å². The summed E-state index contributed by atoms with van der Waals surface area (Å²) in [6, 6.07) is 16.7. The summed E-state index contributed by atoms with van der Waals surface area (Å²) < 4.78 is 5.35. The van der Waals surface area contributed by atoms with E-state index < -0.39 is 0 Å². The van der Waals surface area contributed by atoms with Gasteiger partial charge in [0.2, 0.25) is 5.91 Å². The molecule has 0 bridgehead atoms. The number of Topliss-reactive ketones (excluding diaryl/α,β-unsaturated/α-hetero) is 1. The summed E-state index contributed by atoms with van der Waals surface area (Å²) in [4.78, 5) is 24.2. The predicted molar refractivity (Wildman–Crippen MR) is 94.2 cm³/mol. The summed E-state index contributed by atoms with van der Waals surface area (Å²) in [5.74, 6) is 0.578. The van der Waals surface area contributed by atoms with Gasteiger partial charge >= 0.3 is 0 Å². The number of carbonyl (C=O) groups excluding carboxylic acids is 2. The van der Waals surface area contributed by atoms with Crippen molar-refractivity contribution < 1.29 is 14.3 Å². The van der Waals surface area contributed by atoms with Crippen molar-refractivity contribution in [2.75, 3.05) is 6.61 Å². The smallest absolute Gasteiger partial charge is 0.220 e. The maximum absolute atomic E-state index is 12.2. The Kier molecular flexibility index (Phi) is 6.55. The van der Waals surface area contributed by atoms with Crippen LogP contribution in [0.3, 0.4) is 0 Å². The molecule has 4 nitrogen and oxygen atoms in total. The molecule has 126 valence electrons. The van der Waals surface area contributed by atoms with Gasteiger partial charge in [0.25, 0.3) is 0 Å². The van der Waals surface area contributed by atoms with Crippen molar-refractivity contribution in [2.45, 2.75) is 32.7 Å². The average Bonchev–Trinajstić information content (AvgIpc) is 2.61. The van der Waals surface area contributed by atoms with Gasteiger partial charge in [-0.05, 0) is 43.7 Å². The second-order valence-electron chi connectivity index (χ2n) is 5.58. The van der Waals surface area contributed by atoms with E-state index in [4.69, 9.17) is 4.74 Å². The lowest BCUT2D eigenvalue weighted by Gasteiger charge is -2.14. The van der Waals surface area contributed by atoms with Crippen LogP contribution in [0.15, 0.2) is 54.6 Å². The van der Waals surface area contributed by atoms with Crippen LogP contribution in [0.5, 0.6) is 5.75 Å². The van der Waals surface area contributed by atoms with Gasteiger partial charge in [0.05, 0.1) is 12.6 Å². The zero-order chi connectivity index (χ0) is 17.4. The largest absolute Gasteiger partial charge is 0.494 e. The minimum absolute atomic E-state index is 0.0411. The fourth-order valence-corrected chi connectivity index (χ4v) is 2.41. The highest BCUT2D eigenvalue weighted by atomic mass is 16.5. The summed E-state index contributed by atoms with van der Waals surface area (Å²) >= 11 is 0. The molecule has 0 radical (unpaired) electrons. The van der Waals surface area contributed by atoms with Crippen LogP contribution in [-0.4, -0.2) is 18.3 Å². The first-order valence-corrected chi connectivity index (χ1v) is 8.20. The summed E-state index contributed by atoms with van der Waals surface area (Å²) in [6.45, 7) is 4.43. The number of nitrogens with one attached hydrogen (secondary N) is 1. The Balaban J connectivity index is 1.81. The molecule has 0 unspecified atom stereocenters. The lowest BCUT2D eigenvalue weighted by molar-refractivity contribution is -0.121. The molecule has 1 amide bonds. The van der Waals surface area contributed by atoms with Gasteiger partial charge in [-0.1, -0.05) is 30.3 Å². The molecular weight excluding hydrogens is 302 g/mol. The second kappa shape index (κ2) is 8.87. The maximum Gasteiger partial charge on any atom is 0.220 e. The van der Waals surface area contributed by atoms with E-state index in [1.54, 1.807) is 24.3 Å². The van der Waals surface area contributed by atoms with Gasteiger partial charge in [0, 0.05) is 18.4 Å². The highest BCUT2D eigenvalue weighted by Gasteiger charge is 2.12. The first-order valence-electron chi connectivity index (χ1n) is 8.20. The first-order chi connectivity index (χ1) is 11.6. The van der Waals surface area contributed by atoms with Gasteiger partial charge in [0.1, 0.15) is 5.75 Å². The molecule has 1 N–H and O–H groups in total. The average molecular weight is 325 g/mol. The zero-order valence-corrected chi connectivity index (χ0v) is 14.1. The van der Waals surface area contributed by atoms with E-state index in [0.717, 1.165) is 11.3 Å². The summed E-state index contributed by atoms with van der Waals surface area (Å²) in [6.07, 6.45) is 0.380. The van der Waals surface area contributed by atoms with Crippen molar-refractivity contribution in [1.82, 2.24) is 5.32 Å². The summed E-state index contributed by atoms with van der Waals surface area (Å²) in [5.41, 5.74) is 1.64. The number of benzene rings is 2. The highest BCUT2D eigenvalue weighted by molar-refractivity contribution is 5.98. The fraction of sp³-hybridized carbons (Fsp3) is 0.300. The van der Waals surface area contributed by atoms with Crippen molar-refractivity contribution in [3.63, 3.8) is 0 Å². The van der Waals surface area contributed by atoms with Crippen LogP contribution in [0.1, 0.15) is 48.7 Å². The van der Waals surface area contributed by atoms with Crippen LogP contribution in [-0.2, 0) is 4.79 Å². The molecule has 0 aliphatic carbocycles. The van der Waals surface area contributed by atoms with Crippen LogP contribution in [0, 0.1) is 0 Å². The van der Waals surface area contributed by atoms with Crippen molar-refractivity contribution >= 4 is 11.7 Å². The Bertz CT molecular complexity index is 665. The van der Waals surface area contributed by atoms with E-state index in [-0.39, 0.29) is 30.6 Å². The third-order valence-corrected chi connectivity index (χ3v) is 3.74. The van der Waals surface area contributed by atoms with Crippen LogP contribution in [0.4, 0.5) is 0 Å². The maximum atomic E-state index is 12.2. The second-order valence-corrected chi connectivity index (χ2v) is 5.58. The lowest BCUT2D eigenvalue weighted by atomic mass is 10.1. The molecule has 0 saturated carbocycles. The van der Waals surface area contributed by atoms with E-state index in [2.05, 4.69) is 5.32 Å². The quantitative estimate of drug-likeness (QED) is 0.748. The third-order valence-electron chi connectivity index (χ3n) is 3.74. The van der Waals surface area contributed by atoms with Crippen LogP contribution in [0.2, 0.25) is 0 Å². The normalized spacial score (nSPS) is 11.6. The SMILES string of the molecule is CCOc1ccc(C(=O)CCC(=O)N[C@@H](C)c2ccccc2)cc1. The summed E-state index contributed by atoms with van der Waals surface area (Å²) in [7, 11) is 0. The Morgan fingerprint density at radius 3 is 2.29 bits per heavy atom. The Hall–Kier alpha value is -2.62. The minimum Gasteiger partial charge on any atom is -0.494 e. The van der Waals surface area contributed by atoms with Gasteiger partial charge in [0.15, 0.2) is 5.78 Å². The molecule has 0 aliphatic rings. The first kappa shape index (κ1) is 17.7. The molecule has 0 aromatic heterocycles. The van der Waals surface area contributed by atoms with E-state index >= 15 is 0 Å². The van der Waals surface area contributed by atoms with Gasteiger partial charge < -0.3 is 10.1 Å². The van der Waals surface area contributed by atoms with E-state index in [9.17, 15) is 9.59 Å². The third kappa shape index (κ3) is 5.23. The topological polar surface area (TPSA) is 55.4 Å². The standard InChI is InChI=1S/C20H23NO3/c1-3-24-18-11-9-17(10-12-18)19(22)13-14-20(23)21-15(2)16-7-5-4-6-8-16/h4-12,15H,3,13-14H2,1-2H3,(H,21,23)/t15-/m0/s1. The monoisotopic (exact) mass is 325 g/mol. The number of ketones is 1. The van der Waals surface area contributed by atoms with Crippen molar-refractivity contribution in [3.8, 4) is 5.75 Å². The Labute approximate surface area is 142 Å². The molecule has 0 aliphatic heterocycles. The molecule has 0 spiro atoms. The molecular formula is C20H23NO3. The molecule has 4 heteroatoms. The number of rotatable bonds is 8. The number of amides is 1. The van der Waals surface area contributed by atoms with Crippen molar-refractivity contribution in [1.29, 1.82) is 0 Å². The van der Waals surface area contributed by atoms with Crippen molar-refractivity contribution in [2.24, 2.45) is 0 Å². The van der Waals surface area contributed by atoms with Gasteiger partial charge in [-0.3, -0.25) is 9.59 Å². The van der Waals surface area contributed by atoms with Crippen LogP contribution < -0.4 is 10.1 Å². The van der Waals surface area contributed by atoms with Crippen molar-refractivity contribution in [3.05, 3.63) is 65.7 Å². The van der Waals surface area contributed by atoms with E-state index in [1.807, 2.05) is 44.2 Å². The molecule has 2 aromatic carbocycles. The fourth-order valence-electron chi connectivity index (χ4n) is 2.41. The Morgan fingerprint density at radius 1 is 1.00 bits per heavy atom. The summed E-state index contributed by atoms with van der Waals surface area (Å²) in [5, 5.41) is 2.92. The molecule has 2 rings (SSSR count). The molecule has 0 fully saturated rings. The van der Waals surface area contributed by atoms with E-state index in [1.165, 1.54) is 0 Å². The van der Waals surface area contributed by atoms with Gasteiger partial charge in [-0.25, -0.2) is 0 Å². The van der Waals surface area contributed by atoms with Gasteiger partial charge in [-0.15, -0.1) is 0 Å². The molecule has 0 heterocycles. The lowest BCUT2D eigenvalue weighted by Crippen LogP contribution is -2.26. The minimum atomic E-state index is -0.120. The van der Waals surface area contributed by atoms with Gasteiger partial charge in [-0.2, -0.15) is 0 Å². The number of hydrogen-bond donors (Lipinski definition) is 1. The number of carbonyl (C=O) groups is 2. The number of ether oxygens (including phenoxy) is 1. The molecule has 2 aromatic rings. The Morgan fingerprint density at radius 2 is 1.67 bits per heavy atom.